The number of nitrogens with one attached hydrogen (secondary N) is 2. The molecule has 0 radical (unpaired) electrons. The van der Waals surface area contributed by atoms with E-state index in [4.69, 9.17) is 0 Å². The maximum Gasteiger partial charge on any atom is 0.418 e. The minimum absolute atomic E-state index is 0.104. The number of anilines is 1. The van der Waals surface area contributed by atoms with Crippen LogP contribution in [0.4, 0.5) is 32.0 Å². The minimum Gasteiger partial charge on any atom is -0.354 e. The van der Waals surface area contributed by atoms with Crippen molar-refractivity contribution in [1.82, 2.24) is 5.32 Å². The van der Waals surface area contributed by atoms with Crippen molar-refractivity contribution in [2.24, 2.45) is 4.99 Å². The second kappa shape index (κ2) is 4.88. The Balaban J connectivity index is 2.53. The molecule has 0 fully saturated rings. The van der Waals surface area contributed by atoms with Crippen LogP contribution in [0.3, 0.4) is 0 Å². The molecule has 0 spiro atoms. The lowest BCUT2D eigenvalue weighted by atomic mass is 10.1. The van der Waals surface area contributed by atoms with Crippen LogP contribution in [0.2, 0.25) is 0 Å². The Morgan fingerprint density at radius 1 is 1.00 bits per heavy atom. The van der Waals surface area contributed by atoms with E-state index in [1.807, 2.05) is 0 Å². The standard InChI is InChI=1S/C11H9F6N3/c12-10(13,14)6-2-1-3-7(11(15,16)17)8(6)20-9-18-4-5-19-9/h1-3H,4-5H2,(H2,18,19,20). The van der Waals surface area contributed by atoms with E-state index in [9.17, 15) is 26.3 Å². The van der Waals surface area contributed by atoms with E-state index in [1.54, 1.807) is 0 Å². The lowest BCUT2D eigenvalue weighted by molar-refractivity contribution is -0.141. The molecule has 0 atom stereocenters. The highest BCUT2D eigenvalue weighted by molar-refractivity contribution is 5.96. The molecule has 1 aromatic carbocycles. The molecule has 1 aliphatic rings. The Bertz CT molecular complexity index is 500. The fraction of sp³-hybridized carbons (Fsp3) is 0.364. The van der Waals surface area contributed by atoms with Gasteiger partial charge >= 0.3 is 12.4 Å². The first-order chi connectivity index (χ1) is 9.19. The van der Waals surface area contributed by atoms with Crippen molar-refractivity contribution in [3.63, 3.8) is 0 Å². The predicted octanol–water partition coefficient (Wildman–Crippen LogP) is 3.10. The average molecular weight is 297 g/mol. The molecule has 0 saturated heterocycles. The van der Waals surface area contributed by atoms with Crippen LogP contribution >= 0.6 is 0 Å². The van der Waals surface area contributed by atoms with Crippen LogP contribution in [-0.4, -0.2) is 19.0 Å². The Labute approximate surface area is 109 Å². The molecule has 0 bridgehead atoms. The van der Waals surface area contributed by atoms with Gasteiger partial charge in [-0.1, -0.05) is 6.07 Å². The average Bonchev–Trinajstić information content (AvgIpc) is 2.79. The predicted molar refractivity (Wildman–Crippen MR) is 60.4 cm³/mol. The van der Waals surface area contributed by atoms with Gasteiger partial charge in [0, 0.05) is 6.54 Å². The number of nitrogens with zero attached hydrogens (tertiary/aromatic N) is 1. The fourth-order valence-corrected chi connectivity index (χ4v) is 1.76. The monoisotopic (exact) mass is 297 g/mol. The molecule has 0 aliphatic carbocycles. The summed E-state index contributed by atoms with van der Waals surface area (Å²) in [6.45, 7) is 0.649. The van der Waals surface area contributed by atoms with Gasteiger partial charge in [0.1, 0.15) is 0 Å². The number of alkyl halides is 6. The SMILES string of the molecule is FC(F)(F)c1cccc(C(F)(F)F)c1NC1=NCCN1. The second-order valence-corrected chi connectivity index (χ2v) is 4.01. The summed E-state index contributed by atoms with van der Waals surface area (Å²) < 4.78 is 76.9. The molecule has 9 heteroatoms. The van der Waals surface area contributed by atoms with Crippen LogP contribution in [0.15, 0.2) is 23.2 Å². The molecular formula is C11H9F6N3. The van der Waals surface area contributed by atoms with E-state index in [2.05, 4.69) is 15.6 Å². The molecule has 3 nitrogen and oxygen atoms in total. The number of halogens is 6. The Hall–Kier alpha value is -1.93. The zero-order valence-corrected chi connectivity index (χ0v) is 9.86. The van der Waals surface area contributed by atoms with E-state index in [0.717, 1.165) is 6.07 Å². The number of hydrogen-bond acceptors (Lipinski definition) is 3. The highest BCUT2D eigenvalue weighted by Gasteiger charge is 2.41. The molecule has 0 saturated carbocycles. The van der Waals surface area contributed by atoms with Crippen molar-refractivity contribution in [2.45, 2.75) is 12.4 Å². The van der Waals surface area contributed by atoms with Crippen molar-refractivity contribution < 1.29 is 26.3 Å². The van der Waals surface area contributed by atoms with E-state index in [-0.39, 0.29) is 12.5 Å². The van der Waals surface area contributed by atoms with Gasteiger partial charge in [0.15, 0.2) is 5.96 Å². The van der Waals surface area contributed by atoms with Gasteiger partial charge in [-0.3, -0.25) is 4.99 Å². The Morgan fingerprint density at radius 3 is 1.95 bits per heavy atom. The van der Waals surface area contributed by atoms with E-state index < -0.39 is 29.2 Å². The van der Waals surface area contributed by atoms with Crippen LogP contribution < -0.4 is 10.6 Å². The second-order valence-electron chi connectivity index (χ2n) is 4.01. The molecule has 0 amide bonds. The smallest absolute Gasteiger partial charge is 0.354 e. The molecule has 1 heterocycles. The third-order valence-corrected chi connectivity index (χ3v) is 2.59. The molecule has 2 rings (SSSR count). The van der Waals surface area contributed by atoms with Gasteiger partial charge in [0.25, 0.3) is 0 Å². The third-order valence-electron chi connectivity index (χ3n) is 2.59. The fourth-order valence-electron chi connectivity index (χ4n) is 1.76. The Morgan fingerprint density at radius 2 is 1.55 bits per heavy atom. The number of benzene rings is 1. The number of aliphatic imine (C=N–C) groups is 1. The van der Waals surface area contributed by atoms with Crippen molar-refractivity contribution >= 4 is 11.6 Å². The number of rotatable bonds is 1. The van der Waals surface area contributed by atoms with Gasteiger partial charge in [0.2, 0.25) is 0 Å². The summed E-state index contributed by atoms with van der Waals surface area (Å²) in [7, 11) is 0. The molecule has 0 aromatic heterocycles. The highest BCUT2D eigenvalue weighted by Crippen LogP contribution is 2.42. The first-order valence-electron chi connectivity index (χ1n) is 5.52. The third kappa shape index (κ3) is 2.97. The minimum atomic E-state index is -4.90. The van der Waals surface area contributed by atoms with Gasteiger partial charge < -0.3 is 10.6 Å². The van der Waals surface area contributed by atoms with E-state index in [1.165, 1.54) is 0 Å². The normalized spacial score (nSPS) is 15.8. The highest BCUT2D eigenvalue weighted by atomic mass is 19.4. The maximum atomic E-state index is 12.8. The quantitative estimate of drug-likeness (QED) is 0.782. The molecule has 20 heavy (non-hydrogen) atoms. The lowest BCUT2D eigenvalue weighted by Crippen LogP contribution is -2.29. The van der Waals surface area contributed by atoms with E-state index >= 15 is 0 Å². The molecule has 2 N–H and O–H groups in total. The van der Waals surface area contributed by atoms with Crippen molar-refractivity contribution in [3.8, 4) is 0 Å². The molecule has 1 aromatic rings. The molecule has 110 valence electrons. The number of guanidine groups is 1. The summed E-state index contributed by atoms with van der Waals surface area (Å²) in [5.74, 6) is -0.104. The zero-order chi connectivity index (χ0) is 15.0. The summed E-state index contributed by atoms with van der Waals surface area (Å²) >= 11 is 0. The summed E-state index contributed by atoms with van der Waals surface area (Å²) in [6, 6.07) is 1.90. The van der Waals surface area contributed by atoms with Crippen LogP contribution in [0.25, 0.3) is 0 Å². The summed E-state index contributed by atoms with van der Waals surface area (Å²) in [5.41, 5.74) is -3.81. The zero-order valence-electron chi connectivity index (χ0n) is 9.86. The topological polar surface area (TPSA) is 36.4 Å². The lowest BCUT2D eigenvalue weighted by Gasteiger charge is -2.19. The van der Waals surface area contributed by atoms with Gasteiger partial charge in [-0.2, -0.15) is 26.3 Å². The van der Waals surface area contributed by atoms with E-state index in [0.29, 0.717) is 18.7 Å². The summed E-state index contributed by atoms with van der Waals surface area (Å²) in [6.07, 6.45) is -9.80. The van der Waals surface area contributed by atoms with Crippen LogP contribution in [0.5, 0.6) is 0 Å². The molecular weight excluding hydrogens is 288 g/mol. The number of hydrogen-bond donors (Lipinski definition) is 2. The number of para-hydroxylation sites is 1. The van der Waals surface area contributed by atoms with Crippen LogP contribution in [0.1, 0.15) is 11.1 Å². The van der Waals surface area contributed by atoms with Gasteiger partial charge in [0.05, 0.1) is 23.4 Å². The Kier molecular flexibility index (Phi) is 3.53. The van der Waals surface area contributed by atoms with Gasteiger partial charge in [-0.25, -0.2) is 0 Å². The summed E-state index contributed by atoms with van der Waals surface area (Å²) in [5, 5.41) is 4.66. The van der Waals surface area contributed by atoms with Gasteiger partial charge in [-0.15, -0.1) is 0 Å². The van der Waals surface area contributed by atoms with Gasteiger partial charge in [-0.05, 0) is 12.1 Å². The first-order valence-corrected chi connectivity index (χ1v) is 5.52. The molecule has 1 aliphatic heterocycles. The van der Waals surface area contributed by atoms with Crippen molar-refractivity contribution in [1.29, 1.82) is 0 Å². The van der Waals surface area contributed by atoms with Crippen LogP contribution in [0, 0.1) is 0 Å². The largest absolute Gasteiger partial charge is 0.418 e. The maximum absolute atomic E-state index is 12.8. The molecule has 0 unspecified atom stereocenters. The summed E-state index contributed by atoms with van der Waals surface area (Å²) in [4.78, 5) is 3.74. The first kappa shape index (κ1) is 14.5. The van der Waals surface area contributed by atoms with Crippen molar-refractivity contribution in [2.75, 3.05) is 18.4 Å². The van der Waals surface area contributed by atoms with Crippen LogP contribution in [-0.2, 0) is 12.4 Å². The van der Waals surface area contributed by atoms with Crippen molar-refractivity contribution in [3.05, 3.63) is 29.3 Å².